The Morgan fingerprint density at radius 3 is 2.92 bits per heavy atom. The van der Waals surface area contributed by atoms with Gasteiger partial charge in [-0.25, -0.2) is 0 Å². The van der Waals surface area contributed by atoms with Gasteiger partial charge in [0.1, 0.15) is 0 Å². The van der Waals surface area contributed by atoms with Gasteiger partial charge in [-0.05, 0) is 17.7 Å². The van der Waals surface area contributed by atoms with Crippen molar-refractivity contribution in [3.05, 3.63) is 47.4 Å². The van der Waals surface area contributed by atoms with Crippen LogP contribution in [0.1, 0.15) is 5.56 Å². The lowest BCUT2D eigenvalue weighted by Crippen LogP contribution is -1.80. The predicted octanol–water partition coefficient (Wildman–Crippen LogP) is 3.14. The molecule has 0 atom stereocenters. The largest absolute Gasteiger partial charge is 0.256 e. The molecule has 1 aromatic carbocycles. The van der Waals surface area contributed by atoms with Gasteiger partial charge in [-0.3, -0.25) is 4.98 Å². The van der Waals surface area contributed by atoms with Gasteiger partial charge in [-0.1, -0.05) is 34.1 Å². The molecule has 1 radical (unpaired) electrons. The maximum Gasteiger partial charge on any atom is 0.0702 e. The summed E-state index contributed by atoms with van der Waals surface area (Å²) >= 11 is 3.28. The zero-order chi connectivity index (χ0) is 8.39. The maximum atomic E-state index is 4.29. The molecule has 0 aliphatic rings. The summed E-state index contributed by atoms with van der Waals surface area (Å²) in [6.45, 7) is 0. The van der Waals surface area contributed by atoms with E-state index in [4.69, 9.17) is 0 Å². The van der Waals surface area contributed by atoms with Crippen LogP contribution in [0.15, 0.2) is 36.5 Å². The van der Waals surface area contributed by atoms with E-state index < -0.39 is 0 Å². The number of hydrogen-bond acceptors (Lipinski definition) is 1. The zero-order valence-corrected chi connectivity index (χ0v) is 7.95. The number of fused-ring (bicyclic) bond motifs is 1. The average molecular weight is 221 g/mol. The summed E-state index contributed by atoms with van der Waals surface area (Å²) in [7, 11) is 0. The molecule has 0 unspecified atom stereocenters. The highest BCUT2D eigenvalue weighted by Crippen LogP contribution is 2.15. The summed E-state index contributed by atoms with van der Waals surface area (Å²) in [6.07, 6.45) is 1.84. The molecule has 0 saturated carbocycles. The van der Waals surface area contributed by atoms with Crippen LogP contribution >= 0.6 is 15.9 Å². The monoisotopic (exact) mass is 220 g/mol. The molecule has 0 N–H and O–H groups in total. The minimum Gasteiger partial charge on any atom is -0.256 e. The first-order valence-electron chi connectivity index (χ1n) is 3.68. The number of hydrogen-bond donors (Lipinski definition) is 0. The standard InChI is InChI=1S/C10H7BrN/c11-6-8-5-9-3-1-2-4-10(9)12-7-8/h1-7H. The van der Waals surface area contributed by atoms with E-state index in [1.165, 1.54) is 5.39 Å². The van der Waals surface area contributed by atoms with Crippen molar-refractivity contribution in [2.45, 2.75) is 0 Å². The summed E-state index contributed by atoms with van der Waals surface area (Å²) in [5.41, 5.74) is 2.13. The molecule has 12 heavy (non-hydrogen) atoms. The van der Waals surface area contributed by atoms with E-state index in [1.807, 2.05) is 29.7 Å². The molecule has 2 aromatic rings. The second kappa shape index (κ2) is 3.23. The molecule has 1 nitrogen and oxygen atoms in total. The molecule has 2 rings (SSSR count). The van der Waals surface area contributed by atoms with Crippen molar-refractivity contribution in [3.8, 4) is 0 Å². The van der Waals surface area contributed by atoms with E-state index in [0.717, 1.165) is 11.1 Å². The van der Waals surface area contributed by atoms with Crippen LogP contribution in [0.25, 0.3) is 10.9 Å². The molecule has 2 heteroatoms. The molecule has 0 aliphatic heterocycles. The van der Waals surface area contributed by atoms with Crippen molar-refractivity contribution in [3.63, 3.8) is 0 Å². The first kappa shape index (κ1) is 7.74. The van der Waals surface area contributed by atoms with Crippen molar-refractivity contribution < 1.29 is 0 Å². The van der Waals surface area contributed by atoms with Gasteiger partial charge < -0.3 is 0 Å². The fourth-order valence-corrected chi connectivity index (χ4v) is 1.40. The number of halogens is 1. The number of nitrogens with zero attached hydrogens (tertiary/aromatic N) is 1. The van der Waals surface area contributed by atoms with Crippen LogP contribution in [0.5, 0.6) is 0 Å². The van der Waals surface area contributed by atoms with E-state index in [0.29, 0.717) is 0 Å². The lowest BCUT2D eigenvalue weighted by atomic mass is 10.2. The van der Waals surface area contributed by atoms with Crippen molar-refractivity contribution >= 4 is 26.8 Å². The minimum atomic E-state index is 1.04. The van der Waals surface area contributed by atoms with Gasteiger partial charge >= 0.3 is 0 Å². The number of rotatable bonds is 1. The Bertz CT molecular complexity index is 398. The van der Waals surface area contributed by atoms with Gasteiger partial charge in [0.05, 0.1) is 10.8 Å². The van der Waals surface area contributed by atoms with Crippen LogP contribution in [-0.2, 0) is 0 Å². The average Bonchev–Trinajstić information content (AvgIpc) is 2.17. The normalized spacial score (nSPS) is 10.4. The smallest absolute Gasteiger partial charge is 0.0702 e. The van der Waals surface area contributed by atoms with Gasteiger partial charge in [0.2, 0.25) is 0 Å². The molecular formula is C10H7BrN. The van der Waals surface area contributed by atoms with E-state index in [-0.39, 0.29) is 0 Å². The lowest BCUT2D eigenvalue weighted by molar-refractivity contribution is 1.38. The van der Waals surface area contributed by atoms with Crippen LogP contribution in [-0.4, -0.2) is 4.98 Å². The Hall–Kier alpha value is -0.890. The first-order valence-corrected chi connectivity index (χ1v) is 4.60. The second-order valence-corrected chi connectivity index (χ2v) is 3.03. The second-order valence-electron chi connectivity index (χ2n) is 2.57. The SMILES string of the molecule is Br[CH]c1cnc2ccccc2c1. The van der Waals surface area contributed by atoms with Gasteiger partial charge in [-0.15, -0.1) is 0 Å². The Kier molecular flexibility index (Phi) is 2.09. The molecular weight excluding hydrogens is 214 g/mol. The number of para-hydroxylation sites is 1. The molecule has 0 aliphatic carbocycles. The van der Waals surface area contributed by atoms with Crippen LogP contribution in [0.3, 0.4) is 0 Å². The summed E-state index contributed by atoms with van der Waals surface area (Å²) in [4.78, 5) is 4.29. The van der Waals surface area contributed by atoms with E-state index >= 15 is 0 Å². The highest BCUT2D eigenvalue weighted by atomic mass is 79.9. The summed E-state index contributed by atoms with van der Waals surface area (Å²) in [6, 6.07) is 10.2. The van der Waals surface area contributed by atoms with Crippen LogP contribution in [0.2, 0.25) is 0 Å². The highest BCUT2D eigenvalue weighted by molar-refractivity contribution is 9.10. The fourth-order valence-electron chi connectivity index (χ4n) is 1.15. The number of benzene rings is 1. The zero-order valence-electron chi connectivity index (χ0n) is 6.37. The number of pyridine rings is 1. The summed E-state index contributed by atoms with van der Waals surface area (Å²) in [5.74, 6) is 0. The van der Waals surface area contributed by atoms with Gasteiger partial charge in [0.25, 0.3) is 0 Å². The highest BCUT2D eigenvalue weighted by Gasteiger charge is 1.94. The van der Waals surface area contributed by atoms with Crippen LogP contribution < -0.4 is 0 Å². The molecule has 1 aromatic heterocycles. The molecule has 0 fully saturated rings. The van der Waals surface area contributed by atoms with Gasteiger partial charge in [0, 0.05) is 11.6 Å². The third kappa shape index (κ3) is 1.34. The van der Waals surface area contributed by atoms with Crippen LogP contribution in [0.4, 0.5) is 0 Å². The minimum absolute atomic E-state index is 1.04. The third-order valence-corrected chi connectivity index (χ3v) is 2.27. The Balaban J connectivity index is 2.67. The van der Waals surface area contributed by atoms with Crippen LogP contribution in [0, 0.1) is 5.33 Å². The summed E-state index contributed by atoms with van der Waals surface area (Å²) < 4.78 is 0. The first-order chi connectivity index (χ1) is 5.90. The quantitative estimate of drug-likeness (QED) is 0.720. The molecule has 0 spiro atoms. The maximum absolute atomic E-state index is 4.29. The Morgan fingerprint density at radius 2 is 2.08 bits per heavy atom. The van der Waals surface area contributed by atoms with Crippen molar-refractivity contribution in [2.75, 3.05) is 0 Å². The Morgan fingerprint density at radius 1 is 1.25 bits per heavy atom. The van der Waals surface area contributed by atoms with Gasteiger partial charge in [0.15, 0.2) is 0 Å². The van der Waals surface area contributed by atoms with Gasteiger partial charge in [-0.2, -0.15) is 0 Å². The molecule has 1 heterocycles. The van der Waals surface area contributed by atoms with Crippen molar-refractivity contribution in [2.24, 2.45) is 0 Å². The Labute approximate surface area is 79.6 Å². The molecule has 0 amide bonds. The number of aromatic nitrogens is 1. The van der Waals surface area contributed by atoms with Crippen molar-refractivity contribution in [1.82, 2.24) is 4.98 Å². The fraction of sp³-hybridized carbons (Fsp3) is 0. The van der Waals surface area contributed by atoms with E-state index in [2.05, 4.69) is 33.0 Å². The molecule has 59 valence electrons. The van der Waals surface area contributed by atoms with E-state index in [9.17, 15) is 0 Å². The van der Waals surface area contributed by atoms with E-state index in [1.54, 1.807) is 0 Å². The predicted molar refractivity (Wildman–Crippen MR) is 54.1 cm³/mol. The third-order valence-electron chi connectivity index (χ3n) is 1.74. The lowest BCUT2D eigenvalue weighted by Gasteiger charge is -1.97. The van der Waals surface area contributed by atoms with Crippen molar-refractivity contribution in [1.29, 1.82) is 0 Å². The summed E-state index contributed by atoms with van der Waals surface area (Å²) in [5, 5.41) is 3.04. The molecule has 0 saturated heterocycles. The molecule has 0 bridgehead atoms. The topological polar surface area (TPSA) is 12.9 Å².